The summed E-state index contributed by atoms with van der Waals surface area (Å²) in [6.45, 7) is 3.95. The fourth-order valence-corrected chi connectivity index (χ4v) is 2.25. The average Bonchev–Trinajstić information content (AvgIpc) is 2.97. The van der Waals surface area contributed by atoms with Crippen LogP contribution in [0.15, 0.2) is 47.1 Å². The number of hydrogen-bond acceptors (Lipinski definition) is 2. The average molecular weight is 297 g/mol. The lowest BCUT2D eigenvalue weighted by Crippen LogP contribution is -2.24. The molecule has 1 aromatic heterocycles. The van der Waals surface area contributed by atoms with Crippen molar-refractivity contribution in [2.45, 2.75) is 38.5 Å². The zero-order valence-electron chi connectivity index (χ0n) is 11.9. The maximum Gasteiger partial charge on any atom is 0.416 e. The molecule has 1 aromatic carbocycles. The summed E-state index contributed by atoms with van der Waals surface area (Å²) in [6.07, 6.45) is -1.85. The van der Waals surface area contributed by atoms with Crippen molar-refractivity contribution >= 4 is 0 Å². The SMILES string of the molecule is CCC(NC(C)c1ccc(C(F)(F)F)cc1)c1ccco1. The summed E-state index contributed by atoms with van der Waals surface area (Å²) in [4.78, 5) is 0. The molecule has 0 amide bonds. The van der Waals surface area contributed by atoms with Crippen molar-refractivity contribution in [1.29, 1.82) is 0 Å². The Labute approximate surface area is 122 Å². The molecule has 5 heteroatoms. The van der Waals surface area contributed by atoms with Crippen LogP contribution in [0.3, 0.4) is 0 Å². The van der Waals surface area contributed by atoms with Crippen molar-refractivity contribution < 1.29 is 17.6 Å². The number of nitrogens with one attached hydrogen (secondary N) is 1. The van der Waals surface area contributed by atoms with Gasteiger partial charge >= 0.3 is 6.18 Å². The van der Waals surface area contributed by atoms with Gasteiger partial charge in [-0.05, 0) is 43.2 Å². The van der Waals surface area contributed by atoms with Crippen LogP contribution in [-0.2, 0) is 6.18 Å². The Morgan fingerprint density at radius 1 is 1.14 bits per heavy atom. The Kier molecular flexibility index (Phi) is 4.73. The van der Waals surface area contributed by atoms with Crippen LogP contribution in [0, 0.1) is 0 Å². The van der Waals surface area contributed by atoms with E-state index in [4.69, 9.17) is 4.42 Å². The molecule has 1 N–H and O–H groups in total. The van der Waals surface area contributed by atoms with Crippen LogP contribution in [0.25, 0.3) is 0 Å². The molecule has 0 radical (unpaired) electrons. The molecule has 0 spiro atoms. The molecule has 2 rings (SSSR count). The number of benzene rings is 1. The maximum atomic E-state index is 12.5. The molecule has 2 atom stereocenters. The molecule has 0 bridgehead atoms. The lowest BCUT2D eigenvalue weighted by Gasteiger charge is -2.21. The minimum atomic E-state index is -4.30. The van der Waals surface area contributed by atoms with Crippen molar-refractivity contribution in [3.63, 3.8) is 0 Å². The molecule has 21 heavy (non-hydrogen) atoms. The van der Waals surface area contributed by atoms with Gasteiger partial charge in [0, 0.05) is 6.04 Å². The van der Waals surface area contributed by atoms with Gasteiger partial charge in [-0.15, -0.1) is 0 Å². The normalized spacial score (nSPS) is 14.9. The molecule has 0 saturated heterocycles. The van der Waals surface area contributed by atoms with Gasteiger partial charge in [-0.25, -0.2) is 0 Å². The third-order valence-electron chi connectivity index (χ3n) is 3.48. The largest absolute Gasteiger partial charge is 0.468 e. The highest BCUT2D eigenvalue weighted by Gasteiger charge is 2.30. The van der Waals surface area contributed by atoms with Crippen LogP contribution >= 0.6 is 0 Å². The second kappa shape index (κ2) is 6.35. The lowest BCUT2D eigenvalue weighted by molar-refractivity contribution is -0.137. The molecule has 2 nitrogen and oxygen atoms in total. The molecule has 0 aliphatic rings. The summed E-state index contributed by atoms with van der Waals surface area (Å²) in [6, 6.07) is 8.93. The van der Waals surface area contributed by atoms with E-state index in [0.717, 1.165) is 29.9 Å². The smallest absolute Gasteiger partial charge is 0.416 e. The van der Waals surface area contributed by atoms with Crippen LogP contribution < -0.4 is 5.32 Å². The van der Waals surface area contributed by atoms with Gasteiger partial charge in [0.15, 0.2) is 0 Å². The van der Waals surface area contributed by atoms with Gasteiger partial charge in [-0.2, -0.15) is 13.2 Å². The monoisotopic (exact) mass is 297 g/mol. The van der Waals surface area contributed by atoms with Crippen molar-refractivity contribution in [3.05, 3.63) is 59.5 Å². The standard InChI is InChI=1S/C16H18F3NO/c1-3-14(15-5-4-10-21-15)20-11(2)12-6-8-13(9-7-12)16(17,18)19/h4-11,14,20H,3H2,1-2H3. The molecule has 114 valence electrons. The first kappa shape index (κ1) is 15.6. The predicted molar refractivity (Wildman–Crippen MR) is 74.7 cm³/mol. The number of alkyl halides is 3. The summed E-state index contributed by atoms with van der Waals surface area (Å²) in [5.41, 5.74) is 0.185. The quantitative estimate of drug-likeness (QED) is 0.830. The van der Waals surface area contributed by atoms with Gasteiger partial charge in [0.25, 0.3) is 0 Å². The second-order valence-electron chi connectivity index (χ2n) is 4.98. The highest BCUT2D eigenvalue weighted by Crippen LogP contribution is 2.30. The molecule has 2 aromatic rings. The Balaban J connectivity index is 2.07. The molecule has 1 heterocycles. The van der Waals surface area contributed by atoms with Gasteiger partial charge in [0.2, 0.25) is 0 Å². The molecule has 0 aliphatic heterocycles. The molecule has 2 unspecified atom stereocenters. The van der Waals surface area contributed by atoms with E-state index in [0.29, 0.717) is 0 Å². The first-order chi connectivity index (χ1) is 9.91. The maximum absolute atomic E-state index is 12.5. The molecule has 0 saturated carbocycles. The molecular formula is C16H18F3NO. The van der Waals surface area contributed by atoms with Gasteiger partial charge < -0.3 is 9.73 Å². The summed E-state index contributed by atoms with van der Waals surface area (Å²) in [5.74, 6) is 0.830. The third kappa shape index (κ3) is 3.88. The zero-order chi connectivity index (χ0) is 15.5. The van der Waals surface area contributed by atoms with Gasteiger partial charge in [-0.3, -0.25) is 0 Å². The van der Waals surface area contributed by atoms with E-state index in [1.807, 2.05) is 26.0 Å². The van der Waals surface area contributed by atoms with E-state index in [1.165, 1.54) is 12.1 Å². The number of furan rings is 1. The Bertz CT molecular complexity index is 546. The van der Waals surface area contributed by atoms with E-state index < -0.39 is 11.7 Å². The van der Waals surface area contributed by atoms with E-state index in [9.17, 15) is 13.2 Å². The van der Waals surface area contributed by atoms with Gasteiger partial charge in [0.05, 0.1) is 17.9 Å². The minimum absolute atomic E-state index is 0.0392. The topological polar surface area (TPSA) is 25.2 Å². The molecule has 0 fully saturated rings. The fraction of sp³-hybridized carbons (Fsp3) is 0.375. The van der Waals surface area contributed by atoms with E-state index in [1.54, 1.807) is 6.26 Å². The van der Waals surface area contributed by atoms with Crippen molar-refractivity contribution in [1.82, 2.24) is 5.32 Å². The Morgan fingerprint density at radius 3 is 2.29 bits per heavy atom. The zero-order valence-corrected chi connectivity index (χ0v) is 11.9. The highest BCUT2D eigenvalue weighted by molar-refractivity contribution is 5.26. The van der Waals surface area contributed by atoms with Gasteiger partial charge in [0.1, 0.15) is 5.76 Å². The number of halogens is 3. The summed E-state index contributed by atoms with van der Waals surface area (Å²) >= 11 is 0. The van der Waals surface area contributed by atoms with Crippen molar-refractivity contribution in [3.8, 4) is 0 Å². The van der Waals surface area contributed by atoms with Crippen LogP contribution in [0.1, 0.15) is 49.2 Å². The summed E-state index contributed by atoms with van der Waals surface area (Å²) < 4.78 is 43.0. The van der Waals surface area contributed by atoms with E-state index in [2.05, 4.69) is 5.32 Å². The summed E-state index contributed by atoms with van der Waals surface area (Å²) in [7, 11) is 0. The Morgan fingerprint density at radius 2 is 1.81 bits per heavy atom. The fourth-order valence-electron chi connectivity index (χ4n) is 2.25. The van der Waals surface area contributed by atoms with E-state index >= 15 is 0 Å². The first-order valence-corrected chi connectivity index (χ1v) is 6.88. The molecule has 0 aliphatic carbocycles. The Hall–Kier alpha value is -1.75. The number of rotatable bonds is 5. The van der Waals surface area contributed by atoms with E-state index in [-0.39, 0.29) is 12.1 Å². The van der Waals surface area contributed by atoms with Gasteiger partial charge in [-0.1, -0.05) is 19.1 Å². The van der Waals surface area contributed by atoms with Crippen molar-refractivity contribution in [2.24, 2.45) is 0 Å². The van der Waals surface area contributed by atoms with Crippen LogP contribution in [0.4, 0.5) is 13.2 Å². The van der Waals surface area contributed by atoms with Crippen LogP contribution in [0.5, 0.6) is 0 Å². The predicted octanol–water partition coefficient (Wildman–Crippen LogP) is 5.10. The first-order valence-electron chi connectivity index (χ1n) is 6.88. The van der Waals surface area contributed by atoms with Crippen molar-refractivity contribution in [2.75, 3.05) is 0 Å². The second-order valence-corrected chi connectivity index (χ2v) is 4.98. The highest BCUT2D eigenvalue weighted by atomic mass is 19.4. The van der Waals surface area contributed by atoms with Crippen LogP contribution in [-0.4, -0.2) is 0 Å². The third-order valence-corrected chi connectivity index (χ3v) is 3.48. The molecular weight excluding hydrogens is 279 g/mol. The number of hydrogen-bond donors (Lipinski definition) is 1. The van der Waals surface area contributed by atoms with Crippen LogP contribution in [0.2, 0.25) is 0 Å². The summed E-state index contributed by atoms with van der Waals surface area (Å²) in [5, 5.41) is 3.37. The lowest BCUT2D eigenvalue weighted by atomic mass is 10.0. The minimum Gasteiger partial charge on any atom is -0.468 e.